The van der Waals surface area contributed by atoms with Crippen LogP contribution in [0.15, 0.2) is 40.8 Å². The van der Waals surface area contributed by atoms with Gasteiger partial charge in [-0.15, -0.1) is 11.3 Å². The Morgan fingerprint density at radius 2 is 2.07 bits per heavy atom. The van der Waals surface area contributed by atoms with Crippen LogP contribution in [0.5, 0.6) is 0 Å². The van der Waals surface area contributed by atoms with Crippen molar-refractivity contribution in [3.8, 4) is 10.8 Å². The van der Waals surface area contributed by atoms with Crippen molar-refractivity contribution in [2.24, 2.45) is 5.92 Å². The molecule has 1 amide bonds. The topological polar surface area (TPSA) is 58.4 Å². The van der Waals surface area contributed by atoms with E-state index in [2.05, 4.69) is 15.2 Å². The lowest BCUT2D eigenvalue weighted by Crippen LogP contribution is -2.30. The Kier molecular flexibility index (Phi) is 5.17. The number of thiazole rings is 1. The zero-order chi connectivity index (χ0) is 19.7. The van der Waals surface area contributed by atoms with Gasteiger partial charge in [0.1, 0.15) is 16.5 Å². The lowest BCUT2D eigenvalue weighted by Gasteiger charge is -2.18. The molecule has 3 heterocycles. The molecule has 1 fully saturated rings. The van der Waals surface area contributed by atoms with Crippen LogP contribution in [0.2, 0.25) is 0 Å². The highest BCUT2D eigenvalue weighted by Crippen LogP contribution is 2.29. The van der Waals surface area contributed by atoms with E-state index < -0.39 is 0 Å². The van der Waals surface area contributed by atoms with Crippen molar-refractivity contribution in [3.05, 3.63) is 58.5 Å². The molecule has 3 aromatic rings. The molecule has 7 heteroatoms. The fraction of sp³-hybridized carbons (Fsp3) is 0.333. The quantitative estimate of drug-likeness (QED) is 0.690. The first kappa shape index (κ1) is 18.7. The first-order chi connectivity index (χ1) is 13.5. The standard InChI is InChI=1S/C21H22FN3O2S/c1-13-3-8-18(27-13)21-24-14(2)19(28-21)20(26)23-11-15-9-10-25(12-15)17-6-4-16(22)5-7-17/h3-8,15H,9-12H2,1-2H3,(H,23,26). The van der Waals surface area contributed by atoms with E-state index in [1.807, 2.05) is 26.0 Å². The summed E-state index contributed by atoms with van der Waals surface area (Å²) in [4.78, 5) is 20.0. The third-order valence-corrected chi connectivity index (χ3v) is 6.15. The third kappa shape index (κ3) is 3.94. The number of furan rings is 1. The van der Waals surface area contributed by atoms with Crippen molar-refractivity contribution in [1.29, 1.82) is 0 Å². The number of nitrogens with one attached hydrogen (secondary N) is 1. The molecule has 0 aliphatic carbocycles. The predicted octanol–water partition coefficient (Wildman–Crippen LogP) is 4.42. The number of carbonyl (C=O) groups excluding carboxylic acids is 1. The second kappa shape index (κ2) is 7.75. The highest BCUT2D eigenvalue weighted by molar-refractivity contribution is 7.17. The Morgan fingerprint density at radius 1 is 1.29 bits per heavy atom. The van der Waals surface area contributed by atoms with Gasteiger partial charge in [-0.2, -0.15) is 0 Å². The van der Waals surface area contributed by atoms with Crippen LogP contribution >= 0.6 is 11.3 Å². The van der Waals surface area contributed by atoms with E-state index in [9.17, 15) is 9.18 Å². The molecule has 0 saturated carbocycles. The molecule has 1 aliphatic rings. The summed E-state index contributed by atoms with van der Waals surface area (Å²) in [5.41, 5.74) is 1.73. The van der Waals surface area contributed by atoms with Gasteiger partial charge in [-0.25, -0.2) is 9.37 Å². The monoisotopic (exact) mass is 399 g/mol. The molecule has 1 atom stereocenters. The number of carbonyl (C=O) groups is 1. The molecule has 0 spiro atoms. The zero-order valence-electron chi connectivity index (χ0n) is 15.9. The SMILES string of the molecule is Cc1ccc(-c2nc(C)c(C(=O)NCC3CCN(c4ccc(F)cc4)C3)s2)o1. The summed E-state index contributed by atoms with van der Waals surface area (Å²) in [6.45, 7) is 6.10. The number of aromatic nitrogens is 1. The molecule has 146 valence electrons. The van der Waals surface area contributed by atoms with Gasteiger partial charge < -0.3 is 14.6 Å². The normalized spacial score (nSPS) is 16.5. The fourth-order valence-electron chi connectivity index (χ4n) is 3.46. The minimum Gasteiger partial charge on any atom is -0.459 e. The maximum atomic E-state index is 13.1. The number of halogens is 1. The maximum absolute atomic E-state index is 13.1. The second-order valence-electron chi connectivity index (χ2n) is 7.13. The maximum Gasteiger partial charge on any atom is 0.263 e. The van der Waals surface area contributed by atoms with Crippen LogP contribution in [0.4, 0.5) is 10.1 Å². The summed E-state index contributed by atoms with van der Waals surface area (Å²) in [6, 6.07) is 10.3. The molecule has 2 aromatic heterocycles. The molecule has 4 rings (SSSR count). The van der Waals surface area contributed by atoms with Crippen LogP contribution in [0.3, 0.4) is 0 Å². The van der Waals surface area contributed by atoms with Crippen LogP contribution < -0.4 is 10.2 Å². The zero-order valence-corrected chi connectivity index (χ0v) is 16.7. The summed E-state index contributed by atoms with van der Waals surface area (Å²) < 4.78 is 18.7. The molecule has 1 N–H and O–H groups in total. The van der Waals surface area contributed by atoms with Gasteiger partial charge in [0.05, 0.1) is 5.69 Å². The molecular formula is C21H22FN3O2S. The minimum atomic E-state index is -0.226. The van der Waals surface area contributed by atoms with E-state index in [1.54, 1.807) is 12.1 Å². The molecule has 28 heavy (non-hydrogen) atoms. The number of rotatable bonds is 5. The van der Waals surface area contributed by atoms with E-state index in [1.165, 1.54) is 23.5 Å². The fourth-order valence-corrected chi connectivity index (χ4v) is 4.41. The van der Waals surface area contributed by atoms with Gasteiger partial charge in [0.15, 0.2) is 10.8 Å². The molecule has 1 aromatic carbocycles. The molecule has 1 unspecified atom stereocenters. The van der Waals surface area contributed by atoms with Gasteiger partial charge in [0.25, 0.3) is 5.91 Å². The Bertz CT molecular complexity index is 980. The number of aryl methyl sites for hydroxylation is 2. The first-order valence-electron chi connectivity index (χ1n) is 9.32. The Morgan fingerprint density at radius 3 is 2.79 bits per heavy atom. The molecule has 0 bridgehead atoms. The average Bonchev–Trinajstić information content (AvgIpc) is 3.40. The second-order valence-corrected chi connectivity index (χ2v) is 8.13. The molecule has 0 radical (unpaired) electrons. The van der Waals surface area contributed by atoms with Gasteiger partial charge in [0, 0.05) is 25.3 Å². The van der Waals surface area contributed by atoms with Crippen LogP contribution in [0, 0.1) is 25.6 Å². The largest absolute Gasteiger partial charge is 0.459 e. The summed E-state index contributed by atoms with van der Waals surface area (Å²) in [5.74, 6) is 1.56. The van der Waals surface area contributed by atoms with E-state index in [4.69, 9.17) is 4.42 Å². The first-order valence-corrected chi connectivity index (χ1v) is 10.1. The van der Waals surface area contributed by atoms with Crippen molar-refractivity contribution in [3.63, 3.8) is 0 Å². The molecule has 1 saturated heterocycles. The van der Waals surface area contributed by atoms with Crippen LogP contribution in [0.1, 0.15) is 27.5 Å². The Hall–Kier alpha value is -2.67. The van der Waals surface area contributed by atoms with Crippen molar-refractivity contribution >= 4 is 22.9 Å². The Labute approximate surface area is 167 Å². The van der Waals surface area contributed by atoms with Crippen LogP contribution in [0.25, 0.3) is 10.8 Å². The number of benzene rings is 1. The van der Waals surface area contributed by atoms with Crippen molar-refractivity contribution < 1.29 is 13.6 Å². The number of nitrogens with zero attached hydrogens (tertiary/aromatic N) is 2. The van der Waals surface area contributed by atoms with Crippen molar-refractivity contribution in [2.45, 2.75) is 20.3 Å². The van der Waals surface area contributed by atoms with Gasteiger partial charge >= 0.3 is 0 Å². The van der Waals surface area contributed by atoms with Gasteiger partial charge in [-0.05, 0) is 62.6 Å². The lowest BCUT2D eigenvalue weighted by atomic mass is 10.1. The summed E-state index contributed by atoms with van der Waals surface area (Å²) in [7, 11) is 0. The molecule has 5 nitrogen and oxygen atoms in total. The Balaban J connectivity index is 1.35. The predicted molar refractivity (Wildman–Crippen MR) is 108 cm³/mol. The number of hydrogen-bond donors (Lipinski definition) is 1. The van der Waals surface area contributed by atoms with Crippen LogP contribution in [-0.4, -0.2) is 30.5 Å². The van der Waals surface area contributed by atoms with Crippen molar-refractivity contribution in [1.82, 2.24) is 10.3 Å². The highest BCUT2D eigenvalue weighted by atomic mass is 32.1. The van der Waals surface area contributed by atoms with Crippen molar-refractivity contribution in [2.75, 3.05) is 24.5 Å². The van der Waals surface area contributed by atoms with E-state index in [0.29, 0.717) is 28.8 Å². The number of amides is 1. The van der Waals surface area contributed by atoms with Crippen LogP contribution in [-0.2, 0) is 0 Å². The number of anilines is 1. The van der Waals surface area contributed by atoms with E-state index in [0.717, 1.165) is 36.0 Å². The van der Waals surface area contributed by atoms with Gasteiger partial charge in [-0.3, -0.25) is 4.79 Å². The molecular weight excluding hydrogens is 377 g/mol. The summed E-state index contributed by atoms with van der Waals surface area (Å²) >= 11 is 1.35. The van der Waals surface area contributed by atoms with E-state index in [-0.39, 0.29) is 11.7 Å². The number of hydrogen-bond acceptors (Lipinski definition) is 5. The van der Waals surface area contributed by atoms with E-state index >= 15 is 0 Å². The smallest absolute Gasteiger partial charge is 0.263 e. The highest BCUT2D eigenvalue weighted by Gasteiger charge is 2.24. The van der Waals surface area contributed by atoms with Gasteiger partial charge in [-0.1, -0.05) is 0 Å². The summed E-state index contributed by atoms with van der Waals surface area (Å²) in [6.07, 6.45) is 0.996. The summed E-state index contributed by atoms with van der Waals surface area (Å²) in [5, 5.41) is 3.77. The lowest BCUT2D eigenvalue weighted by molar-refractivity contribution is 0.0951. The van der Waals surface area contributed by atoms with Gasteiger partial charge in [0.2, 0.25) is 0 Å². The third-order valence-electron chi connectivity index (χ3n) is 4.98. The minimum absolute atomic E-state index is 0.0928. The average molecular weight is 399 g/mol. The molecule has 1 aliphatic heterocycles.